The number of hydrogen-bond acceptors (Lipinski definition) is 4. The molecule has 128 valence electrons. The fourth-order valence-electron chi connectivity index (χ4n) is 2.84. The highest BCUT2D eigenvalue weighted by molar-refractivity contribution is 7.16. The Morgan fingerprint density at radius 2 is 2.04 bits per heavy atom. The van der Waals surface area contributed by atoms with Crippen molar-refractivity contribution in [2.45, 2.75) is 32.0 Å². The number of halogens is 1. The van der Waals surface area contributed by atoms with Crippen LogP contribution in [0.1, 0.15) is 18.4 Å². The second-order valence-electron chi connectivity index (χ2n) is 6.20. The summed E-state index contributed by atoms with van der Waals surface area (Å²) in [7, 11) is 0. The zero-order valence-corrected chi connectivity index (χ0v) is 14.2. The molecule has 2 heterocycles. The summed E-state index contributed by atoms with van der Waals surface area (Å²) in [5.41, 5.74) is 0.678. The third-order valence-electron chi connectivity index (χ3n) is 4.33. The van der Waals surface area contributed by atoms with Crippen molar-refractivity contribution >= 4 is 27.5 Å². The molecule has 0 N–H and O–H groups in total. The average Bonchev–Trinajstić information content (AvgIpc) is 3.33. The average molecular weight is 357 g/mol. The Hall–Kier alpha value is -2.54. The summed E-state index contributed by atoms with van der Waals surface area (Å²) in [5, 5.41) is 2.35. The molecule has 4 rings (SSSR count). The van der Waals surface area contributed by atoms with Crippen molar-refractivity contribution in [2.24, 2.45) is 0 Å². The summed E-state index contributed by atoms with van der Waals surface area (Å²) in [5.74, 6) is -0.417. The van der Waals surface area contributed by atoms with E-state index >= 15 is 0 Å². The van der Waals surface area contributed by atoms with Gasteiger partial charge in [-0.1, -0.05) is 12.1 Å². The number of nitrogens with zero attached hydrogens (tertiary/aromatic N) is 3. The van der Waals surface area contributed by atoms with E-state index in [0.717, 1.165) is 18.4 Å². The first-order valence-corrected chi connectivity index (χ1v) is 8.96. The Bertz CT molecular complexity index is 976. The summed E-state index contributed by atoms with van der Waals surface area (Å²) in [6.45, 7) is 0.391. The molecule has 1 saturated carbocycles. The van der Waals surface area contributed by atoms with Crippen molar-refractivity contribution in [2.75, 3.05) is 0 Å². The Balaban J connectivity index is 1.55. The minimum Gasteiger partial charge on any atom is -0.334 e. The van der Waals surface area contributed by atoms with Gasteiger partial charge in [-0.3, -0.25) is 14.2 Å². The highest BCUT2D eigenvalue weighted by Crippen LogP contribution is 2.28. The molecule has 7 heteroatoms. The zero-order chi connectivity index (χ0) is 17.4. The molecule has 2 aromatic heterocycles. The molecular weight excluding hydrogens is 341 g/mol. The van der Waals surface area contributed by atoms with Gasteiger partial charge in [0.05, 0.1) is 11.7 Å². The molecule has 25 heavy (non-hydrogen) atoms. The molecule has 0 unspecified atom stereocenters. The van der Waals surface area contributed by atoms with Gasteiger partial charge in [0.2, 0.25) is 5.91 Å². The number of benzene rings is 1. The van der Waals surface area contributed by atoms with E-state index in [9.17, 15) is 14.0 Å². The highest BCUT2D eigenvalue weighted by Gasteiger charge is 2.32. The molecule has 0 radical (unpaired) electrons. The van der Waals surface area contributed by atoms with Crippen LogP contribution >= 0.6 is 11.3 Å². The van der Waals surface area contributed by atoms with E-state index in [1.165, 1.54) is 34.4 Å². The highest BCUT2D eigenvalue weighted by atomic mass is 32.1. The van der Waals surface area contributed by atoms with Crippen molar-refractivity contribution in [1.82, 2.24) is 14.5 Å². The zero-order valence-electron chi connectivity index (χ0n) is 13.4. The SMILES string of the molecule is O=C(Cn1cnc2sccc2c1=O)N(Cc1ccc(F)cc1)C1CC1. The van der Waals surface area contributed by atoms with Gasteiger partial charge in [-0.25, -0.2) is 9.37 Å². The lowest BCUT2D eigenvalue weighted by Crippen LogP contribution is -2.37. The number of carbonyl (C=O) groups is 1. The number of carbonyl (C=O) groups excluding carboxylic acids is 1. The summed E-state index contributed by atoms with van der Waals surface area (Å²) < 4.78 is 14.4. The summed E-state index contributed by atoms with van der Waals surface area (Å²) in [4.78, 5) is 31.9. The predicted octanol–water partition coefficient (Wildman–Crippen LogP) is 2.79. The minimum atomic E-state index is -0.297. The lowest BCUT2D eigenvalue weighted by atomic mass is 10.2. The van der Waals surface area contributed by atoms with Crippen LogP contribution in [0.15, 0.2) is 46.8 Å². The van der Waals surface area contributed by atoms with Crippen LogP contribution in [0, 0.1) is 5.82 Å². The fourth-order valence-corrected chi connectivity index (χ4v) is 3.56. The van der Waals surface area contributed by atoms with Crippen LogP contribution in [0.5, 0.6) is 0 Å². The monoisotopic (exact) mass is 357 g/mol. The molecule has 1 aliphatic rings. The third kappa shape index (κ3) is 3.32. The van der Waals surface area contributed by atoms with Crippen molar-refractivity contribution in [3.05, 3.63) is 63.8 Å². The molecular formula is C18H16FN3O2S. The number of amides is 1. The topological polar surface area (TPSA) is 55.2 Å². The molecule has 0 spiro atoms. The second kappa shape index (κ2) is 6.40. The quantitative estimate of drug-likeness (QED) is 0.706. The number of thiophene rings is 1. The van der Waals surface area contributed by atoms with Crippen LogP contribution in [0.25, 0.3) is 10.2 Å². The number of fused-ring (bicyclic) bond motifs is 1. The van der Waals surface area contributed by atoms with Gasteiger partial charge in [0.25, 0.3) is 5.56 Å². The Morgan fingerprint density at radius 3 is 2.76 bits per heavy atom. The Morgan fingerprint density at radius 1 is 1.28 bits per heavy atom. The van der Waals surface area contributed by atoms with Gasteiger partial charge in [0.1, 0.15) is 17.2 Å². The van der Waals surface area contributed by atoms with E-state index in [1.807, 2.05) is 5.38 Å². The number of hydrogen-bond donors (Lipinski definition) is 0. The maximum atomic E-state index is 13.1. The molecule has 0 bridgehead atoms. The van der Waals surface area contributed by atoms with Crippen molar-refractivity contribution < 1.29 is 9.18 Å². The molecule has 3 aromatic rings. The second-order valence-corrected chi connectivity index (χ2v) is 7.09. The van der Waals surface area contributed by atoms with E-state index in [-0.39, 0.29) is 29.9 Å². The Labute approximate surface area is 147 Å². The van der Waals surface area contributed by atoms with Crippen molar-refractivity contribution in [1.29, 1.82) is 0 Å². The van der Waals surface area contributed by atoms with Crippen molar-refractivity contribution in [3.8, 4) is 0 Å². The molecule has 1 amide bonds. The first-order valence-electron chi connectivity index (χ1n) is 8.08. The lowest BCUT2D eigenvalue weighted by Gasteiger charge is -2.23. The van der Waals surface area contributed by atoms with Gasteiger partial charge in [-0.2, -0.15) is 0 Å². The predicted molar refractivity (Wildman–Crippen MR) is 93.9 cm³/mol. The van der Waals surface area contributed by atoms with Crippen LogP contribution in [0.2, 0.25) is 0 Å². The summed E-state index contributed by atoms with van der Waals surface area (Å²) in [6, 6.07) is 8.08. The largest absolute Gasteiger partial charge is 0.334 e. The van der Waals surface area contributed by atoms with Crippen LogP contribution in [0.4, 0.5) is 4.39 Å². The number of aromatic nitrogens is 2. The first-order chi connectivity index (χ1) is 12.1. The van der Waals surface area contributed by atoms with Gasteiger partial charge in [0.15, 0.2) is 0 Å². The van der Waals surface area contributed by atoms with Crippen molar-refractivity contribution in [3.63, 3.8) is 0 Å². The molecule has 0 atom stereocenters. The molecule has 5 nitrogen and oxygen atoms in total. The maximum absolute atomic E-state index is 13.1. The van der Waals surface area contributed by atoms with E-state index in [0.29, 0.717) is 16.8 Å². The van der Waals surface area contributed by atoms with Gasteiger partial charge < -0.3 is 4.90 Å². The molecule has 0 saturated heterocycles. The van der Waals surface area contributed by atoms with E-state index in [4.69, 9.17) is 0 Å². The fraction of sp³-hybridized carbons (Fsp3) is 0.278. The molecule has 1 aromatic carbocycles. The van der Waals surface area contributed by atoms with E-state index in [2.05, 4.69) is 4.98 Å². The molecule has 1 fully saturated rings. The normalized spacial score (nSPS) is 14.0. The Kier molecular flexibility index (Phi) is 4.09. The van der Waals surface area contributed by atoms with Gasteiger partial charge in [-0.15, -0.1) is 11.3 Å². The van der Waals surface area contributed by atoms with E-state index in [1.54, 1.807) is 23.1 Å². The minimum absolute atomic E-state index is 0.0324. The smallest absolute Gasteiger partial charge is 0.262 e. The summed E-state index contributed by atoms with van der Waals surface area (Å²) >= 11 is 1.40. The van der Waals surface area contributed by atoms with Gasteiger partial charge >= 0.3 is 0 Å². The van der Waals surface area contributed by atoms with Gasteiger partial charge in [-0.05, 0) is 42.0 Å². The summed E-state index contributed by atoms with van der Waals surface area (Å²) in [6.07, 6.45) is 3.36. The lowest BCUT2D eigenvalue weighted by molar-refractivity contribution is -0.133. The maximum Gasteiger partial charge on any atom is 0.262 e. The van der Waals surface area contributed by atoms with Crippen LogP contribution in [-0.2, 0) is 17.9 Å². The van der Waals surface area contributed by atoms with Crippen LogP contribution in [0.3, 0.4) is 0 Å². The van der Waals surface area contributed by atoms with E-state index < -0.39 is 0 Å². The molecule has 0 aliphatic heterocycles. The van der Waals surface area contributed by atoms with Crippen LogP contribution < -0.4 is 5.56 Å². The first kappa shape index (κ1) is 16.0. The standard InChI is InChI=1S/C18H16FN3O2S/c19-13-3-1-12(2-4-13)9-22(14-5-6-14)16(23)10-21-11-20-17-15(18(21)24)7-8-25-17/h1-4,7-8,11,14H,5-6,9-10H2. The molecule has 1 aliphatic carbocycles. The van der Waals surface area contributed by atoms with Crippen LogP contribution in [-0.4, -0.2) is 26.4 Å². The number of rotatable bonds is 5. The van der Waals surface area contributed by atoms with Gasteiger partial charge in [0, 0.05) is 12.6 Å². The third-order valence-corrected chi connectivity index (χ3v) is 5.15.